The van der Waals surface area contributed by atoms with Crippen LogP contribution in [0, 0.1) is 5.82 Å². The first kappa shape index (κ1) is 31.3. The van der Waals surface area contributed by atoms with Crippen molar-refractivity contribution < 1.29 is 23.8 Å². The number of methoxy groups -OCH3 is 1. The Morgan fingerprint density at radius 1 is 1.15 bits per heavy atom. The van der Waals surface area contributed by atoms with Gasteiger partial charge in [0.25, 0.3) is 11.5 Å². The summed E-state index contributed by atoms with van der Waals surface area (Å²) >= 11 is 6.94. The summed E-state index contributed by atoms with van der Waals surface area (Å²) in [4.78, 5) is 42.4. The summed E-state index contributed by atoms with van der Waals surface area (Å²) in [6.07, 6.45) is 4.22. The molecule has 1 aliphatic heterocycles. The molecule has 0 saturated carbocycles. The molecule has 3 heterocycles. The van der Waals surface area contributed by atoms with Crippen molar-refractivity contribution in [1.29, 1.82) is 0 Å². The highest BCUT2D eigenvalue weighted by atomic mass is 35.5. The number of anilines is 1. The predicted molar refractivity (Wildman–Crippen MR) is 172 cm³/mol. The lowest BCUT2D eigenvalue weighted by atomic mass is 9.91. The number of ether oxygens (including phenoxy) is 2. The molecule has 1 atom stereocenters. The number of pyridine rings is 1. The summed E-state index contributed by atoms with van der Waals surface area (Å²) in [7, 11) is 4.25. The number of aliphatic hydroxyl groups is 1. The number of aromatic nitrogens is 3. The molecule has 2 N–H and O–H groups in total. The van der Waals surface area contributed by atoms with Gasteiger partial charge in [-0.3, -0.25) is 14.2 Å². The molecule has 0 saturated heterocycles. The number of hydrogen-bond acceptors (Lipinski definition) is 7. The molecule has 12 heteroatoms. The molecular weight excluding hydrogens is 615 g/mol. The van der Waals surface area contributed by atoms with Crippen molar-refractivity contribution in [2.24, 2.45) is 14.1 Å². The number of nitrogens with one attached hydrogen (secondary N) is 1. The van der Waals surface area contributed by atoms with E-state index in [0.29, 0.717) is 47.9 Å². The van der Waals surface area contributed by atoms with Gasteiger partial charge >= 0.3 is 5.69 Å². The average Bonchev–Trinajstić information content (AvgIpc) is 3.46. The van der Waals surface area contributed by atoms with Crippen LogP contribution in [0.25, 0.3) is 22.4 Å². The zero-order valence-corrected chi connectivity index (χ0v) is 26.3. The smallest absolute Gasteiger partial charge is 0.330 e. The third-order valence-corrected chi connectivity index (χ3v) is 9.07. The molecule has 1 aliphatic carbocycles. The Morgan fingerprint density at radius 3 is 2.65 bits per heavy atom. The quantitative estimate of drug-likeness (QED) is 0.271. The fourth-order valence-corrected chi connectivity index (χ4v) is 6.58. The minimum absolute atomic E-state index is 0.135. The standard InChI is InChI=1S/C34H32ClFN4O6/c1-39-16-24(33(43)40(2)34(39)44)31(42)37-25-9-5-7-22(30(25)36)21-6-4-8-23(29(21)35)26-15-20-11-10-19(28(20)32(38-26)45-3)14-18-12-13-46-17-27(18)41/h4-9,15-16,19,41H,10-14,17H2,1-3H3,(H,37,42)/t19-/m0/s1. The Balaban J connectivity index is 1.33. The molecule has 2 aromatic heterocycles. The first-order chi connectivity index (χ1) is 22.1. The van der Waals surface area contributed by atoms with E-state index in [0.717, 1.165) is 44.9 Å². The summed E-state index contributed by atoms with van der Waals surface area (Å²) in [5, 5.41) is 13.1. The Kier molecular flexibility index (Phi) is 8.54. The fraction of sp³-hybridized carbons (Fsp3) is 0.294. The second-order valence-corrected chi connectivity index (χ2v) is 11.8. The molecule has 2 aromatic carbocycles. The molecule has 2 aliphatic rings. The number of amides is 1. The molecule has 0 spiro atoms. The van der Waals surface area contributed by atoms with Crippen LogP contribution >= 0.6 is 11.6 Å². The van der Waals surface area contributed by atoms with Crippen LogP contribution in [0.4, 0.5) is 10.1 Å². The second-order valence-electron chi connectivity index (χ2n) is 11.5. The van der Waals surface area contributed by atoms with Gasteiger partial charge in [-0.1, -0.05) is 41.9 Å². The van der Waals surface area contributed by atoms with Crippen molar-refractivity contribution in [2.45, 2.75) is 31.6 Å². The van der Waals surface area contributed by atoms with Crippen molar-refractivity contribution in [3.63, 3.8) is 0 Å². The van der Waals surface area contributed by atoms with Crippen molar-refractivity contribution >= 4 is 23.2 Å². The largest absolute Gasteiger partial charge is 0.510 e. The summed E-state index contributed by atoms with van der Waals surface area (Å²) in [5.74, 6) is -0.660. The molecule has 0 radical (unpaired) electrons. The van der Waals surface area contributed by atoms with Gasteiger partial charge in [0.2, 0.25) is 5.88 Å². The van der Waals surface area contributed by atoms with Gasteiger partial charge in [-0.15, -0.1) is 0 Å². The molecule has 0 unspecified atom stereocenters. The summed E-state index contributed by atoms with van der Waals surface area (Å²) in [6.45, 7) is 0.830. The van der Waals surface area contributed by atoms with Crippen molar-refractivity contribution in [2.75, 3.05) is 25.6 Å². The molecule has 6 rings (SSSR count). The van der Waals surface area contributed by atoms with Gasteiger partial charge in [0, 0.05) is 42.5 Å². The maximum absolute atomic E-state index is 16.0. The lowest BCUT2D eigenvalue weighted by Crippen LogP contribution is -2.40. The van der Waals surface area contributed by atoms with Crippen molar-refractivity contribution in [3.05, 3.63) is 108 Å². The number of aryl methyl sites for hydroxylation is 2. The molecule has 10 nitrogen and oxygen atoms in total. The molecular formula is C34H32ClFN4O6. The highest BCUT2D eigenvalue weighted by molar-refractivity contribution is 6.36. The molecule has 0 bridgehead atoms. The Bertz CT molecular complexity index is 2040. The van der Waals surface area contributed by atoms with Gasteiger partial charge in [-0.25, -0.2) is 14.2 Å². The first-order valence-corrected chi connectivity index (χ1v) is 15.2. The maximum Gasteiger partial charge on any atom is 0.330 e. The van der Waals surface area contributed by atoms with E-state index >= 15 is 4.39 Å². The number of carbonyl (C=O) groups excluding carboxylic acids is 1. The number of carbonyl (C=O) groups is 1. The van der Waals surface area contributed by atoms with Gasteiger partial charge < -0.3 is 24.5 Å². The number of aliphatic hydroxyl groups excluding tert-OH is 1. The summed E-state index contributed by atoms with van der Waals surface area (Å²) < 4.78 is 29.0. The van der Waals surface area contributed by atoms with Gasteiger partial charge in [-0.05, 0) is 54.9 Å². The van der Waals surface area contributed by atoms with Crippen LogP contribution in [-0.2, 0) is 25.3 Å². The number of benzene rings is 2. The Labute approximate surface area is 268 Å². The molecule has 4 aromatic rings. The predicted octanol–water partition coefficient (Wildman–Crippen LogP) is 5.52. The molecule has 0 fully saturated rings. The number of nitrogens with zero attached hydrogens (tertiary/aromatic N) is 3. The lowest BCUT2D eigenvalue weighted by molar-refractivity contribution is 0.102. The average molecular weight is 647 g/mol. The van der Waals surface area contributed by atoms with Gasteiger partial charge in [-0.2, -0.15) is 0 Å². The molecule has 1 amide bonds. The zero-order valence-electron chi connectivity index (χ0n) is 25.5. The summed E-state index contributed by atoms with van der Waals surface area (Å²) in [6, 6.07) is 11.7. The van der Waals surface area contributed by atoms with Gasteiger partial charge in [0.1, 0.15) is 17.9 Å². The van der Waals surface area contributed by atoms with E-state index < -0.39 is 23.0 Å². The van der Waals surface area contributed by atoms with Crippen molar-refractivity contribution in [3.8, 4) is 28.3 Å². The minimum Gasteiger partial charge on any atom is -0.510 e. The second kappa shape index (κ2) is 12.6. The van der Waals surface area contributed by atoms with Crippen LogP contribution in [0.3, 0.4) is 0 Å². The van der Waals surface area contributed by atoms with E-state index in [4.69, 9.17) is 26.1 Å². The molecule has 238 valence electrons. The van der Waals surface area contributed by atoms with Crippen LogP contribution in [0.2, 0.25) is 5.02 Å². The lowest BCUT2D eigenvalue weighted by Gasteiger charge is -2.21. The monoisotopic (exact) mass is 646 g/mol. The van der Waals surface area contributed by atoms with Crippen LogP contribution in [0.15, 0.2) is 69.6 Å². The zero-order chi connectivity index (χ0) is 32.7. The highest BCUT2D eigenvalue weighted by Crippen LogP contribution is 2.46. The maximum atomic E-state index is 16.0. The summed E-state index contributed by atoms with van der Waals surface area (Å²) in [5.41, 5.74) is 2.92. The van der Waals surface area contributed by atoms with E-state index in [1.54, 1.807) is 37.4 Å². The van der Waals surface area contributed by atoms with E-state index in [-0.39, 0.29) is 34.4 Å². The SMILES string of the molecule is COc1nc(-c2cccc(-c3cccc(NC(=O)c4cn(C)c(=O)n(C)c4=O)c3F)c2Cl)cc2c1[C@H](CC1=C(O)COCC1)CC2. The number of halogens is 2. The van der Waals surface area contributed by atoms with E-state index in [9.17, 15) is 19.5 Å². The van der Waals surface area contributed by atoms with Crippen LogP contribution in [0.5, 0.6) is 5.88 Å². The first-order valence-electron chi connectivity index (χ1n) is 14.8. The van der Waals surface area contributed by atoms with Gasteiger partial charge in [0.15, 0.2) is 5.82 Å². The third kappa shape index (κ3) is 5.60. The number of fused-ring (bicyclic) bond motifs is 1. The third-order valence-electron chi connectivity index (χ3n) is 8.66. The number of rotatable bonds is 7. The van der Waals surface area contributed by atoms with Crippen LogP contribution < -0.4 is 21.3 Å². The highest BCUT2D eigenvalue weighted by Gasteiger charge is 2.31. The van der Waals surface area contributed by atoms with Crippen LogP contribution in [-0.4, -0.2) is 45.5 Å². The van der Waals surface area contributed by atoms with E-state index in [1.807, 2.05) is 6.07 Å². The Hall–Kier alpha value is -4.74. The molecule has 46 heavy (non-hydrogen) atoms. The van der Waals surface area contributed by atoms with Crippen LogP contribution in [0.1, 0.15) is 46.7 Å². The minimum atomic E-state index is -0.858. The topological polar surface area (TPSA) is 125 Å². The fourth-order valence-electron chi connectivity index (χ4n) is 6.25. The van der Waals surface area contributed by atoms with E-state index in [1.165, 1.54) is 20.2 Å². The van der Waals surface area contributed by atoms with Crippen molar-refractivity contribution in [1.82, 2.24) is 14.1 Å². The normalized spacial score (nSPS) is 16.0. The Morgan fingerprint density at radius 2 is 1.89 bits per heavy atom. The number of hydrogen-bond donors (Lipinski definition) is 2. The van der Waals surface area contributed by atoms with Gasteiger partial charge in [0.05, 0.1) is 30.1 Å². The van der Waals surface area contributed by atoms with E-state index in [2.05, 4.69) is 5.32 Å².